The average molecular weight is 246 g/mol. The molecule has 3 heteroatoms. The second-order valence-corrected chi connectivity index (χ2v) is 4.91. The molecule has 2 rings (SSSR count). The molecule has 1 aromatic carbocycles. The first-order chi connectivity index (χ1) is 8.72. The van der Waals surface area contributed by atoms with E-state index in [2.05, 4.69) is 36.4 Å². The van der Waals surface area contributed by atoms with Crippen molar-refractivity contribution in [1.82, 2.24) is 10.3 Å². The quantitative estimate of drug-likeness (QED) is 0.768. The van der Waals surface area contributed by atoms with E-state index < -0.39 is 0 Å². The maximum atomic E-state index is 5.35. The summed E-state index contributed by atoms with van der Waals surface area (Å²) in [6.07, 6.45) is 4.35. The first-order valence-corrected chi connectivity index (χ1v) is 6.58. The molecule has 3 nitrogen and oxygen atoms in total. The molecule has 0 radical (unpaired) electrons. The van der Waals surface area contributed by atoms with Gasteiger partial charge in [0.2, 0.25) is 0 Å². The maximum absolute atomic E-state index is 5.35. The van der Waals surface area contributed by atoms with Crippen molar-refractivity contribution in [2.24, 2.45) is 0 Å². The van der Waals surface area contributed by atoms with E-state index in [9.17, 15) is 0 Å². The van der Waals surface area contributed by atoms with Gasteiger partial charge in [-0.25, -0.2) is 0 Å². The van der Waals surface area contributed by atoms with Crippen LogP contribution in [-0.4, -0.2) is 24.7 Å². The average Bonchev–Trinajstić information content (AvgIpc) is 2.77. The lowest BCUT2D eigenvalue weighted by atomic mass is 10.1. The van der Waals surface area contributed by atoms with Crippen LogP contribution < -0.4 is 10.1 Å². The van der Waals surface area contributed by atoms with E-state index in [1.165, 1.54) is 10.9 Å². The molecule has 0 amide bonds. The molecule has 2 N–H and O–H groups in total. The van der Waals surface area contributed by atoms with Crippen molar-refractivity contribution in [3.63, 3.8) is 0 Å². The fourth-order valence-electron chi connectivity index (χ4n) is 2.23. The minimum atomic E-state index is 0.563. The van der Waals surface area contributed by atoms with Gasteiger partial charge in [-0.15, -0.1) is 0 Å². The summed E-state index contributed by atoms with van der Waals surface area (Å²) in [6, 6.07) is 6.75. The molecular weight excluding hydrogens is 224 g/mol. The summed E-state index contributed by atoms with van der Waals surface area (Å²) in [4.78, 5) is 3.31. The Morgan fingerprint density at radius 1 is 1.33 bits per heavy atom. The second-order valence-electron chi connectivity index (χ2n) is 4.91. The number of fused-ring (bicyclic) bond motifs is 1. The summed E-state index contributed by atoms with van der Waals surface area (Å²) in [5.41, 5.74) is 2.47. The minimum absolute atomic E-state index is 0.563. The Morgan fingerprint density at radius 3 is 2.89 bits per heavy atom. The SMILES string of the molecule is COc1cccc2c(CCCNC(C)C)c[nH]c12. The van der Waals surface area contributed by atoms with Crippen LogP contribution in [0.3, 0.4) is 0 Å². The van der Waals surface area contributed by atoms with Gasteiger partial charge in [0.1, 0.15) is 5.75 Å². The summed E-state index contributed by atoms with van der Waals surface area (Å²) in [6.45, 7) is 5.42. The Labute approximate surface area is 109 Å². The highest BCUT2D eigenvalue weighted by Crippen LogP contribution is 2.27. The summed E-state index contributed by atoms with van der Waals surface area (Å²) < 4.78 is 5.35. The molecular formula is C15H22N2O. The van der Waals surface area contributed by atoms with Crippen molar-refractivity contribution in [2.75, 3.05) is 13.7 Å². The molecule has 0 spiro atoms. The monoisotopic (exact) mass is 246 g/mol. The van der Waals surface area contributed by atoms with Crippen LogP contribution >= 0.6 is 0 Å². The van der Waals surface area contributed by atoms with Crippen molar-refractivity contribution in [1.29, 1.82) is 0 Å². The molecule has 0 fully saturated rings. The third-order valence-electron chi connectivity index (χ3n) is 3.16. The third-order valence-corrected chi connectivity index (χ3v) is 3.16. The molecule has 0 unspecified atom stereocenters. The number of aromatic amines is 1. The van der Waals surface area contributed by atoms with E-state index in [4.69, 9.17) is 4.74 Å². The molecule has 0 saturated carbocycles. The third kappa shape index (κ3) is 2.85. The predicted molar refractivity (Wildman–Crippen MR) is 76.3 cm³/mol. The molecule has 98 valence electrons. The number of ether oxygens (including phenoxy) is 1. The Hall–Kier alpha value is -1.48. The molecule has 1 heterocycles. The Kier molecular flexibility index (Phi) is 4.26. The Bertz CT molecular complexity index is 502. The van der Waals surface area contributed by atoms with Gasteiger partial charge in [-0.05, 0) is 31.0 Å². The normalized spacial score (nSPS) is 11.3. The zero-order valence-corrected chi connectivity index (χ0v) is 11.4. The smallest absolute Gasteiger partial charge is 0.142 e. The molecule has 0 atom stereocenters. The van der Waals surface area contributed by atoms with Crippen LogP contribution in [0.25, 0.3) is 10.9 Å². The van der Waals surface area contributed by atoms with Crippen LogP contribution in [0.1, 0.15) is 25.8 Å². The topological polar surface area (TPSA) is 37.0 Å². The summed E-state index contributed by atoms with van der Waals surface area (Å²) >= 11 is 0. The minimum Gasteiger partial charge on any atom is -0.495 e. The van der Waals surface area contributed by atoms with Gasteiger partial charge in [0.25, 0.3) is 0 Å². The van der Waals surface area contributed by atoms with E-state index in [-0.39, 0.29) is 0 Å². The van der Waals surface area contributed by atoms with Crippen molar-refractivity contribution in [3.05, 3.63) is 30.0 Å². The highest BCUT2D eigenvalue weighted by atomic mass is 16.5. The van der Waals surface area contributed by atoms with Crippen molar-refractivity contribution in [3.8, 4) is 5.75 Å². The van der Waals surface area contributed by atoms with Gasteiger partial charge in [0.15, 0.2) is 0 Å². The number of para-hydroxylation sites is 1. The van der Waals surface area contributed by atoms with Crippen molar-refractivity contribution < 1.29 is 4.74 Å². The van der Waals surface area contributed by atoms with E-state index in [1.54, 1.807) is 7.11 Å². The van der Waals surface area contributed by atoms with Gasteiger partial charge in [0.05, 0.1) is 12.6 Å². The molecule has 0 saturated heterocycles. The van der Waals surface area contributed by atoms with E-state index in [0.29, 0.717) is 6.04 Å². The van der Waals surface area contributed by atoms with Crippen LogP contribution in [0.15, 0.2) is 24.4 Å². The lowest BCUT2D eigenvalue weighted by Gasteiger charge is -2.07. The fraction of sp³-hybridized carbons (Fsp3) is 0.467. The highest BCUT2D eigenvalue weighted by Gasteiger charge is 2.07. The van der Waals surface area contributed by atoms with Gasteiger partial charge in [0, 0.05) is 17.6 Å². The van der Waals surface area contributed by atoms with Crippen molar-refractivity contribution in [2.45, 2.75) is 32.7 Å². The number of hydrogen-bond acceptors (Lipinski definition) is 2. The molecule has 2 aromatic rings. The van der Waals surface area contributed by atoms with Gasteiger partial charge < -0.3 is 15.0 Å². The van der Waals surface area contributed by atoms with Crippen LogP contribution in [-0.2, 0) is 6.42 Å². The first-order valence-electron chi connectivity index (χ1n) is 6.58. The number of nitrogens with one attached hydrogen (secondary N) is 2. The largest absolute Gasteiger partial charge is 0.495 e. The number of H-pyrrole nitrogens is 1. The maximum Gasteiger partial charge on any atom is 0.142 e. The number of rotatable bonds is 6. The summed E-state index contributed by atoms with van der Waals surface area (Å²) in [5.74, 6) is 0.916. The predicted octanol–water partition coefficient (Wildman–Crippen LogP) is 3.11. The van der Waals surface area contributed by atoms with E-state index >= 15 is 0 Å². The van der Waals surface area contributed by atoms with Crippen LogP contribution in [0.2, 0.25) is 0 Å². The van der Waals surface area contributed by atoms with E-state index in [0.717, 1.165) is 30.7 Å². The Morgan fingerprint density at radius 2 is 2.17 bits per heavy atom. The number of aryl methyl sites for hydroxylation is 1. The standard InChI is InChI=1S/C15H22N2O/c1-11(2)16-9-5-6-12-10-17-15-13(12)7-4-8-14(15)18-3/h4,7-8,10-11,16-17H,5-6,9H2,1-3H3. The highest BCUT2D eigenvalue weighted by molar-refractivity contribution is 5.88. The molecule has 0 aliphatic carbocycles. The lowest BCUT2D eigenvalue weighted by Crippen LogP contribution is -2.23. The molecule has 18 heavy (non-hydrogen) atoms. The molecule has 0 bridgehead atoms. The number of aromatic nitrogens is 1. The van der Waals surface area contributed by atoms with Gasteiger partial charge in [-0.3, -0.25) is 0 Å². The van der Waals surface area contributed by atoms with Gasteiger partial charge in [-0.2, -0.15) is 0 Å². The van der Waals surface area contributed by atoms with Gasteiger partial charge in [-0.1, -0.05) is 26.0 Å². The number of methoxy groups -OCH3 is 1. The summed E-state index contributed by atoms with van der Waals surface area (Å²) in [7, 11) is 1.71. The van der Waals surface area contributed by atoms with Crippen LogP contribution in [0, 0.1) is 0 Å². The van der Waals surface area contributed by atoms with Crippen LogP contribution in [0.5, 0.6) is 5.75 Å². The Balaban J connectivity index is 2.05. The number of hydrogen-bond donors (Lipinski definition) is 2. The molecule has 0 aliphatic heterocycles. The van der Waals surface area contributed by atoms with E-state index in [1.807, 2.05) is 12.1 Å². The number of benzene rings is 1. The zero-order valence-electron chi connectivity index (χ0n) is 11.4. The lowest BCUT2D eigenvalue weighted by molar-refractivity contribution is 0.419. The zero-order chi connectivity index (χ0) is 13.0. The second kappa shape index (κ2) is 5.91. The van der Waals surface area contributed by atoms with Gasteiger partial charge >= 0.3 is 0 Å². The van der Waals surface area contributed by atoms with Crippen molar-refractivity contribution >= 4 is 10.9 Å². The molecule has 1 aromatic heterocycles. The molecule has 0 aliphatic rings. The first kappa shape index (κ1) is 13.0. The summed E-state index contributed by atoms with van der Waals surface area (Å²) in [5, 5.41) is 4.72. The van der Waals surface area contributed by atoms with Crippen LogP contribution in [0.4, 0.5) is 0 Å². The fourth-order valence-corrected chi connectivity index (χ4v) is 2.23.